The highest BCUT2D eigenvalue weighted by Gasteiger charge is 2.66. The van der Waals surface area contributed by atoms with E-state index >= 15 is 0 Å². The van der Waals surface area contributed by atoms with E-state index in [2.05, 4.69) is 15.3 Å². The Hall–Kier alpha value is -2.68. The van der Waals surface area contributed by atoms with Crippen LogP contribution in [0.4, 0.5) is 0 Å². The Morgan fingerprint density at radius 1 is 1.52 bits per heavy atom. The van der Waals surface area contributed by atoms with E-state index in [4.69, 9.17) is 4.74 Å². The Morgan fingerprint density at radius 3 is 3.04 bits per heavy atom. The number of hydrogen-bond donors (Lipinski definition) is 2. The van der Waals surface area contributed by atoms with Crippen LogP contribution in [0.1, 0.15) is 12.7 Å². The highest BCUT2D eigenvalue weighted by molar-refractivity contribution is 5.93. The topological polar surface area (TPSA) is 108 Å². The molecule has 2 N–H and O–H groups in total. The van der Waals surface area contributed by atoms with Crippen LogP contribution in [-0.4, -0.2) is 75.9 Å². The van der Waals surface area contributed by atoms with Crippen molar-refractivity contribution < 1.29 is 19.1 Å². The Morgan fingerprint density at radius 2 is 2.33 bits per heavy atom. The number of carbonyl (C=O) groups is 3. The lowest BCUT2D eigenvalue weighted by molar-refractivity contribution is -0.142. The van der Waals surface area contributed by atoms with E-state index in [0.717, 1.165) is 0 Å². The van der Waals surface area contributed by atoms with E-state index < -0.39 is 17.4 Å². The molecule has 144 valence electrons. The van der Waals surface area contributed by atoms with E-state index in [9.17, 15) is 14.4 Å². The van der Waals surface area contributed by atoms with Gasteiger partial charge < -0.3 is 24.8 Å². The molecule has 0 aliphatic carbocycles. The van der Waals surface area contributed by atoms with Crippen molar-refractivity contribution in [2.45, 2.75) is 25.2 Å². The van der Waals surface area contributed by atoms with Gasteiger partial charge in [-0.1, -0.05) is 12.2 Å². The van der Waals surface area contributed by atoms with Crippen LogP contribution in [0.5, 0.6) is 0 Å². The molecule has 3 amide bonds. The molecule has 3 aliphatic heterocycles. The molecule has 0 unspecified atom stereocenters. The van der Waals surface area contributed by atoms with Crippen LogP contribution in [-0.2, 0) is 25.7 Å². The highest BCUT2D eigenvalue weighted by atomic mass is 16.5. The quantitative estimate of drug-likeness (QED) is 0.641. The Labute approximate surface area is 156 Å². The van der Waals surface area contributed by atoms with Crippen LogP contribution in [0.25, 0.3) is 0 Å². The van der Waals surface area contributed by atoms with Crippen LogP contribution in [0.15, 0.2) is 24.5 Å². The number of aromatic amines is 1. The maximum Gasteiger partial charge on any atom is 0.230 e. The zero-order valence-electron chi connectivity index (χ0n) is 15.3. The fourth-order valence-corrected chi connectivity index (χ4v) is 4.36. The minimum absolute atomic E-state index is 0.0862. The molecule has 2 fully saturated rings. The number of rotatable bonds is 6. The predicted molar refractivity (Wildman–Crippen MR) is 94.0 cm³/mol. The van der Waals surface area contributed by atoms with E-state index in [1.807, 2.05) is 12.2 Å². The lowest BCUT2D eigenvalue weighted by Crippen LogP contribution is -2.45. The minimum atomic E-state index is -0.732. The third-order valence-corrected chi connectivity index (χ3v) is 5.54. The SMILES string of the molecule is CC(=O)NCCN1C[C@]23C=C[C@H](O2)[C@H](C(=O)N(C)Cc2ncc[nH]2)[C@H]3C1=O. The van der Waals surface area contributed by atoms with Gasteiger partial charge in [-0.3, -0.25) is 14.4 Å². The number of fused-ring (bicyclic) bond motifs is 1. The van der Waals surface area contributed by atoms with Gasteiger partial charge in [0, 0.05) is 39.5 Å². The summed E-state index contributed by atoms with van der Waals surface area (Å²) in [6, 6.07) is 0. The molecule has 3 aliphatic rings. The van der Waals surface area contributed by atoms with E-state index in [0.29, 0.717) is 32.0 Å². The molecule has 1 spiro atoms. The van der Waals surface area contributed by atoms with Crippen molar-refractivity contribution in [1.29, 1.82) is 0 Å². The van der Waals surface area contributed by atoms with Gasteiger partial charge in [0.25, 0.3) is 0 Å². The molecule has 9 nitrogen and oxygen atoms in total. The number of nitrogens with zero attached hydrogens (tertiary/aromatic N) is 3. The molecule has 1 aromatic heterocycles. The van der Waals surface area contributed by atoms with Crippen LogP contribution < -0.4 is 5.32 Å². The first-order valence-electron chi connectivity index (χ1n) is 9.05. The van der Waals surface area contributed by atoms with Crippen molar-refractivity contribution in [3.05, 3.63) is 30.4 Å². The summed E-state index contributed by atoms with van der Waals surface area (Å²) in [6.07, 6.45) is 6.79. The second kappa shape index (κ2) is 6.49. The second-order valence-electron chi connectivity index (χ2n) is 7.37. The van der Waals surface area contributed by atoms with Gasteiger partial charge in [-0.2, -0.15) is 0 Å². The number of imidazole rings is 1. The molecule has 2 bridgehead atoms. The molecule has 4 heterocycles. The van der Waals surface area contributed by atoms with Crippen LogP contribution in [0, 0.1) is 11.8 Å². The average molecular weight is 373 g/mol. The fourth-order valence-electron chi connectivity index (χ4n) is 4.36. The number of nitrogens with one attached hydrogen (secondary N) is 2. The van der Waals surface area contributed by atoms with E-state index in [1.54, 1.807) is 29.2 Å². The summed E-state index contributed by atoms with van der Waals surface area (Å²) in [5, 5.41) is 2.70. The Kier molecular flexibility index (Phi) is 4.26. The summed E-state index contributed by atoms with van der Waals surface area (Å²) in [4.78, 5) is 47.6. The van der Waals surface area contributed by atoms with Crippen molar-refractivity contribution in [3.8, 4) is 0 Å². The summed E-state index contributed by atoms with van der Waals surface area (Å²) in [7, 11) is 1.71. The number of ether oxygens (including phenoxy) is 1. The van der Waals surface area contributed by atoms with Gasteiger partial charge in [-0.05, 0) is 0 Å². The normalized spacial score (nSPS) is 30.7. The highest BCUT2D eigenvalue weighted by Crippen LogP contribution is 2.52. The summed E-state index contributed by atoms with van der Waals surface area (Å²) < 4.78 is 6.10. The first-order valence-corrected chi connectivity index (χ1v) is 9.05. The van der Waals surface area contributed by atoms with Crippen molar-refractivity contribution >= 4 is 17.7 Å². The Balaban J connectivity index is 1.48. The monoisotopic (exact) mass is 373 g/mol. The molecule has 9 heteroatoms. The van der Waals surface area contributed by atoms with Gasteiger partial charge in [0.05, 0.1) is 31.0 Å². The van der Waals surface area contributed by atoms with Gasteiger partial charge in [-0.15, -0.1) is 0 Å². The molecule has 27 heavy (non-hydrogen) atoms. The number of hydrogen-bond acceptors (Lipinski definition) is 5. The molecule has 0 saturated carbocycles. The maximum atomic E-state index is 13.1. The first-order chi connectivity index (χ1) is 12.9. The van der Waals surface area contributed by atoms with E-state index in [-0.39, 0.29) is 23.8 Å². The van der Waals surface area contributed by atoms with Crippen molar-refractivity contribution in [2.75, 3.05) is 26.7 Å². The minimum Gasteiger partial charge on any atom is -0.360 e. The largest absolute Gasteiger partial charge is 0.360 e. The van der Waals surface area contributed by atoms with Gasteiger partial charge in [0.2, 0.25) is 17.7 Å². The summed E-state index contributed by atoms with van der Waals surface area (Å²) in [5.41, 5.74) is -0.732. The lowest BCUT2D eigenvalue weighted by atomic mass is 9.76. The average Bonchev–Trinajstić information content (AvgIpc) is 3.37. The summed E-state index contributed by atoms with van der Waals surface area (Å²) >= 11 is 0. The van der Waals surface area contributed by atoms with Crippen LogP contribution >= 0.6 is 0 Å². The number of likely N-dealkylation sites (tertiary alicyclic amines) is 1. The summed E-state index contributed by atoms with van der Waals surface area (Å²) in [6.45, 7) is 2.99. The zero-order valence-corrected chi connectivity index (χ0v) is 15.3. The van der Waals surface area contributed by atoms with E-state index in [1.165, 1.54) is 6.92 Å². The smallest absolute Gasteiger partial charge is 0.230 e. The molecular formula is C18H23N5O4. The number of H-pyrrole nitrogens is 1. The zero-order chi connectivity index (χ0) is 19.2. The van der Waals surface area contributed by atoms with Crippen LogP contribution in [0.3, 0.4) is 0 Å². The first kappa shape index (κ1) is 17.7. The maximum absolute atomic E-state index is 13.1. The molecule has 2 saturated heterocycles. The number of carbonyl (C=O) groups excluding carboxylic acids is 3. The van der Waals surface area contributed by atoms with Crippen molar-refractivity contribution in [3.63, 3.8) is 0 Å². The Bertz CT molecular complexity index is 792. The van der Waals surface area contributed by atoms with Gasteiger partial charge in [0.15, 0.2) is 0 Å². The van der Waals surface area contributed by atoms with Gasteiger partial charge in [0.1, 0.15) is 11.4 Å². The molecule has 0 aromatic carbocycles. The third kappa shape index (κ3) is 2.91. The standard InChI is InChI=1S/C18H23N5O4/c1-11(24)19-7-8-23-10-18-4-3-12(27-18)14(15(18)17(23)26)16(25)22(2)9-13-20-5-6-21-13/h3-6,12,14-15H,7-10H2,1-2H3,(H,19,24)(H,20,21)/t12-,14-,15-,18-/m0/s1. The van der Waals surface area contributed by atoms with Gasteiger partial charge in [-0.25, -0.2) is 4.98 Å². The lowest BCUT2D eigenvalue weighted by Gasteiger charge is -2.27. The number of amides is 3. The third-order valence-electron chi connectivity index (χ3n) is 5.54. The predicted octanol–water partition coefficient (Wildman–Crippen LogP) is -0.714. The van der Waals surface area contributed by atoms with Crippen molar-refractivity contribution in [1.82, 2.24) is 25.1 Å². The summed E-state index contributed by atoms with van der Waals surface area (Å²) in [5.74, 6) is -0.703. The molecular weight excluding hydrogens is 350 g/mol. The number of aromatic nitrogens is 2. The fraction of sp³-hybridized carbons (Fsp3) is 0.556. The molecule has 4 atom stereocenters. The molecule has 1 aromatic rings. The molecule has 0 radical (unpaired) electrons. The van der Waals surface area contributed by atoms with Crippen LogP contribution in [0.2, 0.25) is 0 Å². The molecule has 4 rings (SSSR count). The van der Waals surface area contributed by atoms with Gasteiger partial charge >= 0.3 is 0 Å². The van der Waals surface area contributed by atoms with Crippen molar-refractivity contribution in [2.24, 2.45) is 11.8 Å². The second-order valence-corrected chi connectivity index (χ2v) is 7.37.